The molecule has 0 saturated carbocycles. The molecule has 0 atom stereocenters. The molecule has 0 fully saturated rings. The predicted octanol–water partition coefficient (Wildman–Crippen LogP) is 2.71. The van der Waals surface area contributed by atoms with Gasteiger partial charge in [-0.3, -0.25) is 0 Å². The number of hydrogen-bond acceptors (Lipinski definition) is 2. The molecule has 1 rings (SSSR count). The molecule has 0 amide bonds. The van der Waals surface area contributed by atoms with Gasteiger partial charge in [0.15, 0.2) is 0 Å². The first-order chi connectivity index (χ1) is 4.99. The molecule has 11 heavy (non-hydrogen) atoms. The van der Waals surface area contributed by atoms with Gasteiger partial charge in [0.1, 0.15) is 0 Å². The highest BCUT2D eigenvalue weighted by Crippen LogP contribution is 2.26. The zero-order valence-electron chi connectivity index (χ0n) is 6.60. The van der Waals surface area contributed by atoms with E-state index < -0.39 is 5.60 Å². The Kier molecular flexibility index (Phi) is 2.58. The van der Waals surface area contributed by atoms with Crippen LogP contribution in [0.5, 0.6) is 0 Å². The van der Waals surface area contributed by atoms with Crippen LogP contribution in [0.4, 0.5) is 0 Å². The van der Waals surface area contributed by atoms with E-state index in [0.29, 0.717) is 6.42 Å². The fraction of sp³-hybridized carbons (Fsp3) is 0.500. The minimum absolute atomic E-state index is 0.620. The molecule has 0 aromatic carbocycles. The molecule has 1 aromatic rings. The minimum atomic E-state index is -0.662. The van der Waals surface area contributed by atoms with E-state index in [2.05, 4.69) is 0 Å². The minimum Gasteiger partial charge on any atom is -0.390 e. The molecular weight excluding hydrogens is 180 g/mol. The topological polar surface area (TPSA) is 20.2 Å². The zero-order valence-corrected chi connectivity index (χ0v) is 8.17. The SMILES string of the molecule is CC(C)(O)Cc1ccsc1Cl. The van der Waals surface area contributed by atoms with E-state index in [9.17, 15) is 5.11 Å². The van der Waals surface area contributed by atoms with Crippen molar-refractivity contribution < 1.29 is 5.11 Å². The molecule has 0 saturated heterocycles. The third kappa shape index (κ3) is 2.81. The number of rotatable bonds is 2. The zero-order chi connectivity index (χ0) is 8.48. The molecule has 3 heteroatoms. The van der Waals surface area contributed by atoms with Crippen molar-refractivity contribution in [3.05, 3.63) is 21.3 Å². The molecule has 0 aliphatic rings. The van der Waals surface area contributed by atoms with Gasteiger partial charge in [-0.15, -0.1) is 11.3 Å². The van der Waals surface area contributed by atoms with Crippen molar-refractivity contribution in [2.75, 3.05) is 0 Å². The Bertz CT molecular complexity index is 236. The first-order valence-electron chi connectivity index (χ1n) is 3.43. The summed E-state index contributed by atoms with van der Waals surface area (Å²) >= 11 is 7.35. The van der Waals surface area contributed by atoms with Gasteiger partial charge in [-0.05, 0) is 30.9 Å². The van der Waals surface area contributed by atoms with E-state index in [1.165, 1.54) is 11.3 Å². The van der Waals surface area contributed by atoms with Crippen molar-refractivity contribution >= 4 is 22.9 Å². The highest BCUT2D eigenvalue weighted by molar-refractivity contribution is 7.14. The molecule has 0 aliphatic heterocycles. The fourth-order valence-corrected chi connectivity index (χ4v) is 1.84. The van der Waals surface area contributed by atoms with Gasteiger partial charge in [-0.25, -0.2) is 0 Å². The highest BCUT2D eigenvalue weighted by Gasteiger charge is 2.15. The summed E-state index contributed by atoms with van der Waals surface area (Å²) < 4.78 is 0.784. The Labute approximate surface area is 75.6 Å². The van der Waals surface area contributed by atoms with E-state index in [-0.39, 0.29) is 0 Å². The number of hydrogen-bond donors (Lipinski definition) is 1. The van der Waals surface area contributed by atoms with Crippen LogP contribution in [0.15, 0.2) is 11.4 Å². The molecule has 0 unspecified atom stereocenters. The third-order valence-electron chi connectivity index (χ3n) is 1.32. The van der Waals surface area contributed by atoms with Crippen LogP contribution in [0.3, 0.4) is 0 Å². The Morgan fingerprint density at radius 1 is 1.64 bits per heavy atom. The average Bonchev–Trinajstić information content (AvgIpc) is 2.12. The third-order valence-corrected chi connectivity index (χ3v) is 2.57. The monoisotopic (exact) mass is 190 g/mol. The number of aliphatic hydroxyl groups is 1. The Balaban J connectivity index is 2.72. The second kappa shape index (κ2) is 3.13. The summed E-state index contributed by atoms with van der Waals surface area (Å²) in [6, 6.07) is 1.95. The van der Waals surface area contributed by atoms with Crippen LogP contribution in [-0.2, 0) is 6.42 Å². The van der Waals surface area contributed by atoms with E-state index in [1.54, 1.807) is 13.8 Å². The second-order valence-electron chi connectivity index (χ2n) is 3.21. The van der Waals surface area contributed by atoms with E-state index >= 15 is 0 Å². The maximum absolute atomic E-state index is 9.46. The maximum atomic E-state index is 9.46. The molecular formula is C8H11ClOS. The lowest BCUT2D eigenvalue weighted by atomic mass is 10.0. The number of halogens is 1. The molecule has 0 spiro atoms. The van der Waals surface area contributed by atoms with Gasteiger partial charge in [0.05, 0.1) is 9.94 Å². The smallest absolute Gasteiger partial charge is 0.0961 e. The summed E-state index contributed by atoms with van der Waals surface area (Å²) in [6.45, 7) is 3.56. The van der Waals surface area contributed by atoms with Crippen LogP contribution >= 0.6 is 22.9 Å². The molecule has 1 heterocycles. The van der Waals surface area contributed by atoms with Gasteiger partial charge in [0.25, 0.3) is 0 Å². The first kappa shape index (κ1) is 9.04. The lowest BCUT2D eigenvalue weighted by molar-refractivity contribution is 0.0811. The summed E-state index contributed by atoms with van der Waals surface area (Å²) in [5.41, 5.74) is 0.370. The molecule has 0 radical (unpaired) electrons. The van der Waals surface area contributed by atoms with E-state index in [0.717, 1.165) is 9.90 Å². The summed E-state index contributed by atoms with van der Waals surface area (Å²) in [5.74, 6) is 0. The van der Waals surface area contributed by atoms with Gasteiger partial charge >= 0.3 is 0 Å². The van der Waals surface area contributed by atoms with Crippen molar-refractivity contribution in [3.63, 3.8) is 0 Å². The summed E-state index contributed by atoms with van der Waals surface area (Å²) in [4.78, 5) is 0. The lowest BCUT2D eigenvalue weighted by Gasteiger charge is -2.15. The van der Waals surface area contributed by atoms with Crippen molar-refractivity contribution in [1.82, 2.24) is 0 Å². The highest BCUT2D eigenvalue weighted by atomic mass is 35.5. The van der Waals surface area contributed by atoms with Crippen LogP contribution in [0.1, 0.15) is 19.4 Å². The predicted molar refractivity (Wildman–Crippen MR) is 49.3 cm³/mol. The lowest BCUT2D eigenvalue weighted by Crippen LogP contribution is -2.21. The Morgan fingerprint density at radius 3 is 2.64 bits per heavy atom. The largest absolute Gasteiger partial charge is 0.390 e. The molecule has 1 aromatic heterocycles. The van der Waals surface area contributed by atoms with Gasteiger partial charge in [-0.2, -0.15) is 0 Å². The molecule has 0 bridgehead atoms. The average molecular weight is 191 g/mol. The second-order valence-corrected chi connectivity index (χ2v) is 4.73. The van der Waals surface area contributed by atoms with Gasteiger partial charge in [0, 0.05) is 6.42 Å². The summed E-state index contributed by atoms with van der Waals surface area (Å²) in [6.07, 6.45) is 0.620. The van der Waals surface area contributed by atoms with Crippen molar-refractivity contribution in [3.8, 4) is 0 Å². The molecule has 0 aliphatic carbocycles. The number of thiophene rings is 1. The molecule has 62 valence electrons. The molecule has 1 nitrogen and oxygen atoms in total. The molecule has 1 N–H and O–H groups in total. The van der Waals surface area contributed by atoms with Gasteiger partial charge < -0.3 is 5.11 Å². The van der Waals surface area contributed by atoms with Crippen LogP contribution in [0.2, 0.25) is 4.34 Å². The van der Waals surface area contributed by atoms with Crippen molar-refractivity contribution in [1.29, 1.82) is 0 Å². The summed E-state index contributed by atoms with van der Waals surface area (Å²) in [7, 11) is 0. The van der Waals surface area contributed by atoms with Crippen LogP contribution in [0, 0.1) is 0 Å². The summed E-state index contributed by atoms with van der Waals surface area (Å²) in [5, 5.41) is 11.4. The van der Waals surface area contributed by atoms with E-state index in [4.69, 9.17) is 11.6 Å². The normalized spacial score (nSPS) is 12.0. The van der Waals surface area contributed by atoms with Gasteiger partial charge in [-0.1, -0.05) is 11.6 Å². The van der Waals surface area contributed by atoms with E-state index in [1.807, 2.05) is 11.4 Å². The van der Waals surface area contributed by atoms with Crippen molar-refractivity contribution in [2.24, 2.45) is 0 Å². The van der Waals surface area contributed by atoms with Crippen LogP contribution in [-0.4, -0.2) is 10.7 Å². The Hall–Kier alpha value is -0.0500. The quantitative estimate of drug-likeness (QED) is 0.761. The fourth-order valence-electron chi connectivity index (χ4n) is 0.912. The van der Waals surface area contributed by atoms with Crippen LogP contribution < -0.4 is 0 Å². The Morgan fingerprint density at radius 2 is 2.27 bits per heavy atom. The standard InChI is InChI=1S/C8H11ClOS/c1-8(2,10)5-6-3-4-11-7(6)9/h3-4,10H,5H2,1-2H3. The maximum Gasteiger partial charge on any atom is 0.0961 e. The van der Waals surface area contributed by atoms with Gasteiger partial charge in [0.2, 0.25) is 0 Å². The van der Waals surface area contributed by atoms with Crippen molar-refractivity contribution in [2.45, 2.75) is 25.9 Å². The first-order valence-corrected chi connectivity index (χ1v) is 4.69. The van der Waals surface area contributed by atoms with Crippen LogP contribution in [0.25, 0.3) is 0 Å².